The Morgan fingerprint density at radius 2 is 1.76 bits per heavy atom. The number of carbonyl (C=O) groups is 2. The lowest BCUT2D eigenvalue weighted by Crippen LogP contribution is -2.40. The number of carbonyl (C=O) groups excluding carboxylic acids is 2. The Balaban J connectivity index is 1.28. The highest BCUT2D eigenvalue weighted by Gasteiger charge is 2.67. The second-order valence-corrected chi connectivity index (χ2v) is 7.99. The molecule has 0 saturated carbocycles. The molecule has 4 unspecified atom stereocenters. The van der Waals surface area contributed by atoms with E-state index in [-0.39, 0.29) is 24.6 Å². The summed E-state index contributed by atoms with van der Waals surface area (Å²) in [6, 6.07) is 19.7. The average Bonchev–Trinajstić information content (AvgIpc) is 3.40. The minimum Gasteiger partial charge on any atom is -0.460 e. The molecule has 0 radical (unpaired) electrons. The van der Waals surface area contributed by atoms with Crippen LogP contribution in [0.15, 0.2) is 72.8 Å². The maximum absolute atomic E-state index is 13.2. The van der Waals surface area contributed by atoms with E-state index in [9.17, 15) is 9.59 Å². The molecule has 0 N–H and O–H groups in total. The first-order chi connectivity index (χ1) is 14.2. The molecule has 29 heavy (non-hydrogen) atoms. The molecule has 5 nitrogen and oxygen atoms in total. The van der Waals surface area contributed by atoms with E-state index < -0.39 is 17.4 Å². The number of benzene rings is 2. The Hall–Kier alpha value is -2.92. The maximum Gasteiger partial charge on any atom is 0.313 e. The normalized spacial score (nSPS) is 29.3. The van der Waals surface area contributed by atoms with Crippen molar-refractivity contribution >= 4 is 11.9 Å². The fraction of sp³-hybridized carbons (Fsp3) is 0.333. The minimum absolute atomic E-state index is 0.00515. The van der Waals surface area contributed by atoms with Gasteiger partial charge in [0.05, 0.1) is 18.6 Å². The van der Waals surface area contributed by atoms with Crippen LogP contribution in [-0.2, 0) is 32.1 Å². The summed E-state index contributed by atoms with van der Waals surface area (Å²) in [6.45, 7) is 1.33. The molecule has 2 fully saturated rings. The highest BCUT2D eigenvalue weighted by molar-refractivity contribution is 5.91. The fourth-order valence-electron chi connectivity index (χ4n) is 4.77. The summed E-state index contributed by atoms with van der Waals surface area (Å²) in [5.41, 5.74) is 1.43. The lowest BCUT2D eigenvalue weighted by Gasteiger charge is -2.22. The molecule has 0 aliphatic carbocycles. The standard InChI is InChI=1S/C24H23NO4/c26-22-21-20(23(27)28-15-18-9-5-2-6-10-18)19-11-13-24(21,29-19)16-25(22)14-12-17-7-3-1-4-8-17/h1-11,13,19-21H,12,14-16H2. The van der Waals surface area contributed by atoms with Gasteiger partial charge in [-0.1, -0.05) is 72.8 Å². The molecule has 1 amide bonds. The van der Waals surface area contributed by atoms with E-state index >= 15 is 0 Å². The Morgan fingerprint density at radius 1 is 1.07 bits per heavy atom. The lowest BCUT2D eigenvalue weighted by atomic mass is 9.77. The third-order valence-corrected chi connectivity index (χ3v) is 6.19. The number of hydrogen-bond acceptors (Lipinski definition) is 4. The molecule has 3 aliphatic rings. The van der Waals surface area contributed by atoms with Crippen LogP contribution in [0, 0.1) is 11.8 Å². The van der Waals surface area contributed by atoms with Crippen LogP contribution in [-0.4, -0.2) is 41.6 Å². The first-order valence-electron chi connectivity index (χ1n) is 10.1. The van der Waals surface area contributed by atoms with Crippen molar-refractivity contribution in [3.63, 3.8) is 0 Å². The van der Waals surface area contributed by atoms with Gasteiger partial charge in [0.25, 0.3) is 0 Å². The highest BCUT2D eigenvalue weighted by Crippen LogP contribution is 2.52. The summed E-state index contributed by atoms with van der Waals surface area (Å²) < 4.78 is 11.7. The third-order valence-electron chi connectivity index (χ3n) is 6.19. The van der Waals surface area contributed by atoms with Crippen LogP contribution < -0.4 is 0 Å². The van der Waals surface area contributed by atoms with Crippen LogP contribution in [0.4, 0.5) is 0 Å². The smallest absolute Gasteiger partial charge is 0.313 e. The summed E-state index contributed by atoms with van der Waals surface area (Å²) in [6.07, 6.45) is 4.30. The molecule has 2 aromatic carbocycles. The van der Waals surface area contributed by atoms with Gasteiger partial charge < -0.3 is 14.4 Å². The molecule has 4 atom stereocenters. The zero-order chi connectivity index (χ0) is 19.8. The molecule has 2 aromatic rings. The number of ether oxygens (including phenoxy) is 2. The second kappa shape index (κ2) is 7.16. The number of amides is 1. The van der Waals surface area contributed by atoms with Crippen molar-refractivity contribution in [3.05, 3.63) is 83.9 Å². The van der Waals surface area contributed by atoms with Crippen molar-refractivity contribution in [1.82, 2.24) is 4.90 Å². The Labute approximate surface area is 169 Å². The lowest BCUT2D eigenvalue weighted by molar-refractivity contribution is -0.155. The molecule has 2 saturated heterocycles. The number of esters is 1. The number of rotatable bonds is 6. The van der Waals surface area contributed by atoms with Crippen molar-refractivity contribution in [2.24, 2.45) is 11.8 Å². The SMILES string of the molecule is O=C(OCc1ccccc1)C1C2C=CC3(CN(CCc4ccccc4)C(=O)C13)O2. The molecule has 0 aromatic heterocycles. The summed E-state index contributed by atoms with van der Waals surface area (Å²) in [7, 11) is 0. The molecule has 148 valence electrons. The van der Waals surface area contributed by atoms with E-state index in [1.165, 1.54) is 5.56 Å². The van der Waals surface area contributed by atoms with E-state index in [2.05, 4.69) is 12.1 Å². The monoisotopic (exact) mass is 389 g/mol. The van der Waals surface area contributed by atoms with Gasteiger partial charge >= 0.3 is 5.97 Å². The summed E-state index contributed by atoms with van der Waals surface area (Å²) in [5.74, 6) is -1.42. The Morgan fingerprint density at radius 3 is 2.48 bits per heavy atom. The van der Waals surface area contributed by atoms with Gasteiger partial charge in [-0.05, 0) is 17.5 Å². The Bertz CT molecular complexity index is 942. The van der Waals surface area contributed by atoms with Gasteiger partial charge in [0.1, 0.15) is 18.1 Å². The van der Waals surface area contributed by atoms with Crippen molar-refractivity contribution in [2.45, 2.75) is 24.7 Å². The third kappa shape index (κ3) is 3.15. The van der Waals surface area contributed by atoms with E-state index in [0.29, 0.717) is 13.1 Å². The van der Waals surface area contributed by atoms with E-state index in [1.807, 2.05) is 65.6 Å². The quantitative estimate of drug-likeness (QED) is 0.563. The van der Waals surface area contributed by atoms with Crippen LogP contribution in [0.1, 0.15) is 11.1 Å². The molecule has 2 bridgehead atoms. The first-order valence-corrected chi connectivity index (χ1v) is 10.1. The van der Waals surface area contributed by atoms with Crippen LogP contribution in [0.3, 0.4) is 0 Å². The van der Waals surface area contributed by atoms with Crippen LogP contribution in [0.25, 0.3) is 0 Å². The molecule has 3 heterocycles. The van der Waals surface area contributed by atoms with Gasteiger partial charge in [0, 0.05) is 6.54 Å². The average molecular weight is 389 g/mol. The number of nitrogens with zero attached hydrogens (tertiary/aromatic N) is 1. The maximum atomic E-state index is 13.2. The van der Waals surface area contributed by atoms with Gasteiger partial charge in [-0.3, -0.25) is 9.59 Å². The zero-order valence-corrected chi connectivity index (χ0v) is 16.1. The number of fused-ring (bicyclic) bond motifs is 1. The second-order valence-electron chi connectivity index (χ2n) is 7.99. The summed E-state index contributed by atoms with van der Waals surface area (Å²) in [4.78, 5) is 27.9. The van der Waals surface area contributed by atoms with Gasteiger partial charge in [-0.2, -0.15) is 0 Å². The van der Waals surface area contributed by atoms with Crippen LogP contribution >= 0.6 is 0 Å². The molecular formula is C24H23NO4. The van der Waals surface area contributed by atoms with Crippen molar-refractivity contribution in [1.29, 1.82) is 0 Å². The van der Waals surface area contributed by atoms with Gasteiger partial charge in [-0.25, -0.2) is 0 Å². The van der Waals surface area contributed by atoms with Crippen molar-refractivity contribution < 1.29 is 19.1 Å². The van der Waals surface area contributed by atoms with Crippen LogP contribution in [0.5, 0.6) is 0 Å². The first kappa shape index (κ1) is 18.1. The molecule has 5 rings (SSSR count). The predicted octanol–water partition coefficient (Wildman–Crippen LogP) is 2.75. The van der Waals surface area contributed by atoms with Crippen molar-refractivity contribution in [2.75, 3.05) is 13.1 Å². The van der Waals surface area contributed by atoms with Crippen LogP contribution in [0.2, 0.25) is 0 Å². The molecular weight excluding hydrogens is 366 g/mol. The van der Waals surface area contributed by atoms with Gasteiger partial charge in [0.15, 0.2) is 0 Å². The number of likely N-dealkylation sites (tertiary alicyclic amines) is 1. The van der Waals surface area contributed by atoms with Gasteiger partial charge in [0.2, 0.25) is 5.91 Å². The predicted molar refractivity (Wildman–Crippen MR) is 107 cm³/mol. The minimum atomic E-state index is -0.686. The zero-order valence-electron chi connectivity index (χ0n) is 16.1. The summed E-state index contributed by atoms with van der Waals surface area (Å²) in [5, 5.41) is 0. The largest absolute Gasteiger partial charge is 0.460 e. The molecule has 1 spiro atoms. The van der Waals surface area contributed by atoms with Crippen molar-refractivity contribution in [3.8, 4) is 0 Å². The Kier molecular flexibility index (Phi) is 4.47. The summed E-state index contributed by atoms with van der Waals surface area (Å²) >= 11 is 0. The van der Waals surface area contributed by atoms with Gasteiger partial charge in [-0.15, -0.1) is 0 Å². The van der Waals surface area contributed by atoms with E-state index in [4.69, 9.17) is 9.47 Å². The topological polar surface area (TPSA) is 55.8 Å². The highest BCUT2D eigenvalue weighted by atomic mass is 16.6. The van der Waals surface area contributed by atoms with E-state index in [0.717, 1.165) is 12.0 Å². The van der Waals surface area contributed by atoms with E-state index in [1.54, 1.807) is 0 Å². The molecule has 3 aliphatic heterocycles. The molecule has 5 heteroatoms. The fourth-order valence-corrected chi connectivity index (χ4v) is 4.77. The number of hydrogen-bond donors (Lipinski definition) is 0.